The summed E-state index contributed by atoms with van der Waals surface area (Å²) in [5, 5.41) is 0. The van der Waals surface area contributed by atoms with Crippen molar-refractivity contribution in [2.45, 2.75) is 38.9 Å². The van der Waals surface area contributed by atoms with Crippen LogP contribution in [0, 0.1) is 6.92 Å². The Labute approximate surface area is 135 Å². The molecule has 126 valence electrons. The average Bonchev–Trinajstić information content (AvgIpc) is 3.10. The maximum atomic E-state index is 12.9. The van der Waals surface area contributed by atoms with Gasteiger partial charge in [0.15, 0.2) is 5.79 Å². The van der Waals surface area contributed by atoms with E-state index in [2.05, 4.69) is 4.98 Å². The van der Waals surface area contributed by atoms with E-state index in [0.29, 0.717) is 55.2 Å². The fraction of sp³-hybridized carbons (Fsp3) is 0.625. The van der Waals surface area contributed by atoms with Crippen LogP contribution in [0.25, 0.3) is 0 Å². The van der Waals surface area contributed by atoms with Crippen LogP contribution in [0.1, 0.15) is 51.9 Å². The number of ether oxygens (including phenoxy) is 2. The summed E-state index contributed by atoms with van der Waals surface area (Å²) in [5.41, 5.74) is 7.66. The van der Waals surface area contributed by atoms with Crippen LogP contribution in [0.5, 0.6) is 0 Å². The average molecular weight is 321 g/mol. The van der Waals surface area contributed by atoms with E-state index in [1.54, 1.807) is 11.8 Å². The van der Waals surface area contributed by atoms with Crippen molar-refractivity contribution in [1.29, 1.82) is 0 Å². The van der Waals surface area contributed by atoms with E-state index in [1.807, 2.05) is 6.92 Å². The predicted octanol–water partition coefficient (Wildman–Crippen LogP) is 0.964. The Hall–Kier alpha value is -1.86. The van der Waals surface area contributed by atoms with Gasteiger partial charge in [-0.3, -0.25) is 9.59 Å². The van der Waals surface area contributed by atoms with Crippen LogP contribution in [-0.2, 0) is 15.9 Å². The van der Waals surface area contributed by atoms with Gasteiger partial charge in [-0.2, -0.15) is 0 Å². The molecule has 0 saturated carbocycles. The molecule has 2 aliphatic heterocycles. The first-order valence-electron chi connectivity index (χ1n) is 8.06. The van der Waals surface area contributed by atoms with Gasteiger partial charge in [0.2, 0.25) is 0 Å². The number of piperidine rings is 1. The minimum Gasteiger partial charge on any atom is -0.366 e. The quantitative estimate of drug-likeness (QED) is 0.866. The fourth-order valence-corrected chi connectivity index (χ4v) is 3.60. The molecule has 23 heavy (non-hydrogen) atoms. The zero-order valence-electron chi connectivity index (χ0n) is 13.6. The number of hydrogen-bond donors (Lipinski definition) is 2. The third-order valence-corrected chi connectivity index (χ3v) is 4.62. The molecule has 0 bridgehead atoms. The molecule has 0 aromatic carbocycles. The smallest absolute Gasteiger partial charge is 0.270 e. The number of carbonyl (C=O) groups excluding carboxylic acids is 2. The summed E-state index contributed by atoms with van der Waals surface area (Å²) in [5.74, 6) is -1.29. The lowest BCUT2D eigenvalue weighted by Gasteiger charge is -2.38. The number of hydrogen-bond acceptors (Lipinski definition) is 4. The van der Waals surface area contributed by atoms with Gasteiger partial charge in [0, 0.05) is 18.7 Å². The van der Waals surface area contributed by atoms with Crippen LogP contribution in [0.4, 0.5) is 0 Å². The maximum Gasteiger partial charge on any atom is 0.270 e. The number of nitrogens with zero attached hydrogens (tertiary/aromatic N) is 1. The van der Waals surface area contributed by atoms with Crippen molar-refractivity contribution in [1.82, 2.24) is 9.88 Å². The number of nitrogens with two attached hydrogens (primary N) is 1. The Balaban J connectivity index is 1.88. The van der Waals surface area contributed by atoms with Crippen molar-refractivity contribution in [3.05, 3.63) is 22.5 Å². The second-order valence-corrected chi connectivity index (χ2v) is 6.13. The minimum atomic E-state index is -0.658. The van der Waals surface area contributed by atoms with Crippen molar-refractivity contribution in [2.75, 3.05) is 26.3 Å². The Morgan fingerprint density at radius 2 is 2.04 bits per heavy atom. The maximum absolute atomic E-state index is 12.9. The van der Waals surface area contributed by atoms with Crippen molar-refractivity contribution in [2.24, 2.45) is 5.73 Å². The number of amides is 2. The van der Waals surface area contributed by atoms with E-state index in [-0.39, 0.29) is 5.91 Å². The molecule has 0 radical (unpaired) electrons. The Kier molecular flexibility index (Phi) is 4.16. The van der Waals surface area contributed by atoms with E-state index in [9.17, 15) is 9.59 Å². The topological polar surface area (TPSA) is 97.7 Å². The van der Waals surface area contributed by atoms with Crippen molar-refractivity contribution in [3.63, 3.8) is 0 Å². The monoisotopic (exact) mass is 321 g/mol. The van der Waals surface area contributed by atoms with Crippen LogP contribution in [0.15, 0.2) is 0 Å². The number of H-pyrrole nitrogens is 1. The lowest BCUT2D eigenvalue weighted by Crippen LogP contribution is -2.51. The van der Waals surface area contributed by atoms with Gasteiger partial charge in [-0.1, -0.05) is 6.92 Å². The molecule has 3 rings (SSSR count). The van der Waals surface area contributed by atoms with Crippen molar-refractivity contribution < 1.29 is 19.1 Å². The molecular weight excluding hydrogens is 298 g/mol. The van der Waals surface area contributed by atoms with Crippen molar-refractivity contribution in [3.8, 4) is 0 Å². The number of aromatic nitrogens is 1. The van der Waals surface area contributed by atoms with Crippen LogP contribution in [0.3, 0.4) is 0 Å². The highest BCUT2D eigenvalue weighted by atomic mass is 16.7. The molecule has 3 N–H and O–H groups in total. The van der Waals surface area contributed by atoms with Gasteiger partial charge in [0.1, 0.15) is 5.69 Å². The third-order valence-electron chi connectivity index (χ3n) is 4.62. The second kappa shape index (κ2) is 5.98. The molecule has 1 aromatic rings. The molecule has 0 aliphatic carbocycles. The Bertz CT molecular complexity index is 632. The number of aryl methyl sites for hydroxylation is 1. The third kappa shape index (κ3) is 2.74. The molecule has 7 heteroatoms. The minimum absolute atomic E-state index is 0.129. The molecular formula is C16H23N3O4. The molecule has 2 aliphatic rings. The summed E-state index contributed by atoms with van der Waals surface area (Å²) >= 11 is 0. The SMILES string of the molecule is CCc1c(C(=O)N2CCCC3(C2)OCCO3)[nH]c(C)c1C(N)=O. The first-order valence-corrected chi connectivity index (χ1v) is 8.06. The largest absolute Gasteiger partial charge is 0.366 e. The molecule has 2 saturated heterocycles. The lowest BCUT2D eigenvalue weighted by molar-refractivity contribution is -0.183. The van der Waals surface area contributed by atoms with E-state index >= 15 is 0 Å². The first-order chi connectivity index (χ1) is 11.0. The number of nitrogens with one attached hydrogen (secondary N) is 1. The predicted molar refractivity (Wildman–Crippen MR) is 83.2 cm³/mol. The van der Waals surface area contributed by atoms with E-state index in [4.69, 9.17) is 15.2 Å². The highest BCUT2D eigenvalue weighted by Crippen LogP contribution is 2.31. The normalized spacial score (nSPS) is 20.2. The van der Waals surface area contributed by atoms with E-state index in [0.717, 1.165) is 12.8 Å². The summed E-state index contributed by atoms with van der Waals surface area (Å²) in [6.45, 7) is 5.87. The lowest BCUT2D eigenvalue weighted by atomic mass is 10.0. The number of aromatic amines is 1. The standard InChI is InChI=1S/C16H23N3O4/c1-3-11-12(14(17)20)10(2)18-13(11)15(21)19-6-4-5-16(9-19)22-7-8-23-16/h18H,3-9H2,1-2H3,(H2,17,20). The van der Waals surface area contributed by atoms with Crippen LogP contribution in [-0.4, -0.2) is 53.8 Å². The number of primary amides is 1. The summed E-state index contributed by atoms with van der Waals surface area (Å²) in [6, 6.07) is 0. The van der Waals surface area contributed by atoms with Gasteiger partial charge in [0.25, 0.3) is 11.8 Å². The van der Waals surface area contributed by atoms with Crippen molar-refractivity contribution >= 4 is 11.8 Å². The summed E-state index contributed by atoms with van der Waals surface area (Å²) in [7, 11) is 0. The summed E-state index contributed by atoms with van der Waals surface area (Å²) in [6.07, 6.45) is 2.19. The first kappa shape index (κ1) is 16.0. The Morgan fingerprint density at radius 1 is 1.35 bits per heavy atom. The molecule has 2 amide bonds. The summed E-state index contributed by atoms with van der Waals surface area (Å²) < 4.78 is 11.4. The molecule has 2 fully saturated rings. The van der Waals surface area contributed by atoms with Gasteiger partial charge in [-0.25, -0.2) is 0 Å². The zero-order chi connectivity index (χ0) is 16.6. The molecule has 1 aromatic heterocycles. The van der Waals surface area contributed by atoms with E-state index in [1.165, 1.54) is 0 Å². The number of likely N-dealkylation sites (tertiary alicyclic amines) is 1. The van der Waals surface area contributed by atoms with Crippen LogP contribution < -0.4 is 5.73 Å². The van der Waals surface area contributed by atoms with Gasteiger partial charge in [-0.15, -0.1) is 0 Å². The van der Waals surface area contributed by atoms with Gasteiger partial charge in [-0.05, 0) is 25.3 Å². The molecule has 1 spiro atoms. The van der Waals surface area contributed by atoms with E-state index < -0.39 is 11.7 Å². The zero-order valence-corrected chi connectivity index (χ0v) is 13.6. The van der Waals surface area contributed by atoms with Gasteiger partial charge < -0.3 is 25.1 Å². The fourth-order valence-electron chi connectivity index (χ4n) is 3.60. The second-order valence-electron chi connectivity index (χ2n) is 6.13. The Morgan fingerprint density at radius 3 is 2.65 bits per heavy atom. The number of rotatable bonds is 3. The highest BCUT2D eigenvalue weighted by molar-refractivity contribution is 6.02. The van der Waals surface area contributed by atoms with Gasteiger partial charge in [0.05, 0.1) is 25.3 Å². The van der Waals surface area contributed by atoms with Crippen LogP contribution >= 0.6 is 0 Å². The molecule has 3 heterocycles. The molecule has 0 atom stereocenters. The molecule has 0 unspecified atom stereocenters. The highest BCUT2D eigenvalue weighted by Gasteiger charge is 2.42. The number of carbonyl (C=O) groups is 2. The van der Waals surface area contributed by atoms with Crippen LogP contribution in [0.2, 0.25) is 0 Å². The summed E-state index contributed by atoms with van der Waals surface area (Å²) in [4.78, 5) is 29.4. The van der Waals surface area contributed by atoms with Gasteiger partial charge >= 0.3 is 0 Å². The molecule has 7 nitrogen and oxygen atoms in total.